The lowest BCUT2D eigenvalue weighted by Gasteiger charge is -2.16. The first kappa shape index (κ1) is 21.7. The fourth-order valence-corrected chi connectivity index (χ4v) is 4.38. The number of carbonyl (C=O) groups is 3. The van der Waals surface area contributed by atoms with Gasteiger partial charge in [0.1, 0.15) is 5.25 Å². The first-order valence-corrected chi connectivity index (χ1v) is 10.8. The van der Waals surface area contributed by atoms with E-state index in [0.717, 1.165) is 4.90 Å². The smallest absolute Gasteiger partial charge is 0.337 e. The van der Waals surface area contributed by atoms with Crippen molar-refractivity contribution in [2.45, 2.75) is 18.6 Å². The molecule has 0 spiro atoms. The number of nitrogens with zero attached hydrogens (tertiary/aromatic N) is 2. The molecular weight excluding hydrogens is 434 g/mol. The van der Waals surface area contributed by atoms with E-state index in [9.17, 15) is 14.4 Å². The summed E-state index contributed by atoms with van der Waals surface area (Å²) in [5.74, 6) is 0.145. The van der Waals surface area contributed by atoms with Crippen LogP contribution in [0.4, 0.5) is 11.4 Å². The molecule has 4 rings (SSSR count). The zero-order valence-corrected chi connectivity index (χ0v) is 18.3. The van der Waals surface area contributed by atoms with Crippen molar-refractivity contribution in [2.24, 2.45) is 4.99 Å². The van der Waals surface area contributed by atoms with Crippen molar-refractivity contribution in [3.8, 4) is 11.5 Å². The van der Waals surface area contributed by atoms with Crippen LogP contribution in [0.5, 0.6) is 11.5 Å². The molecule has 1 unspecified atom stereocenters. The second-order valence-corrected chi connectivity index (χ2v) is 8.09. The Hall–Kier alpha value is -3.53. The molecule has 166 valence electrons. The topological polar surface area (TPSA) is 107 Å². The Balaban J connectivity index is 1.51. The number of hydrogen-bond donors (Lipinski definition) is 1. The van der Waals surface area contributed by atoms with Gasteiger partial charge in [-0.15, -0.1) is 0 Å². The van der Waals surface area contributed by atoms with Gasteiger partial charge in [-0.1, -0.05) is 11.8 Å². The van der Waals surface area contributed by atoms with Crippen molar-refractivity contribution in [3.63, 3.8) is 0 Å². The third-order valence-electron chi connectivity index (χ3n) is 4.82. The summed E-state index contributed by atoms with van der Waals surface area (Å²) in [6, 6.07) is 11.5. The standard InChI is InChI=1S/C22H21N3O6S/c1-3-23-22(24-14-6-9-16-17(10-14)31-12-30-16)32-18-11-19(26)25(20(18)27)15-7-4-13(5-8-15)21(28)29-2/h4-10,18H,3,11-12H2,1-2H3,(H,23,24). The van der Waals surface area contributed by atoms with Crippen LogP contribution in [0.2, 0.25) is 0 Å². The molecule has 1 N–H and O–H groups in total. The Bertz CT molecular complexity index is 1090. The van der Waals surface area contributed by atoms with Gasteiger partial charge >= 0.3 is 5.97 Å². The van der Waals surface area contributed by atoms with Crippen molar-refractivity contribution >= 4 is 46.1 Å². The maximum absolute atomic E-state index is 13.0. The number of anilines is 1. The quantitative estimate of drug-likeness (QED) is 0.318. The molecule has 1 saturated heterocycles. The number of nitrogens with one attached hydrogen (secondary N) is 1. The summed E-state index contributed by atoms with van der Waals surface area (Å²) in [5, 5.41) is 3.06. The molecule has 1 atom stereocenters. The maximum Gasteiger partial charge on any atom is 0.337 e. The summed E-state index contributed by atoms with van der Waals surface area (Å²) in [7, 11) is 1.29. The van der Waals surface area contributed by atoms with E-state index in [1.165, 1.54) is 31.0 Å². The largest absolute Gasteiger partial charge is 0.465 e. The predicted octanol–water partition coefficient (Wildman–Crippen LogP) is 2.86. The van der Waals surface area contributed by atoms with Crippen LogP contribution in [0, 0.1) is 0 Å². The van der Waals surface area contributed by atoms with Crippen molar-refractivity contribution in [1.29, 1.82) is 0 Å². The summed E-state index contributed by atoms with van der Waals surface area (Å²) >= 11 is 1.21. The van der Waals surface area contributed by atoms with E-state index in [2.05, 4.69) is 15.0 Å². The van der Waals surface area contributed by atoms with Crippen LogP contribution in [0.1, 0.15) is 23.7 Å². The molecule has 10 heteroatoms. The zero-order chi connectivity index (χ0) is 22.7. The highest BCUT2D eigenvalue weighted by Crippen LogP contribution is 2.36. The molecule has 0 saturated carbocycles. The number of rotatable bonds is 5. The van der Waals surface area contributed by atoms with Gasteiger partial charge in [-0.2, -0.15) is 0 Å². The third kappa shape index (κ3) is 4.40. The number of amidine groups is 1. The molecule has 2 amide bonds. The molecule has 0 aliphatic carbocycles. The number of benzene rings is 2. The van der Waals surface area contributed by atoms with Gasteiger partial charge in [0.15, 0.2) is 16.7 Å². The number of carbonyl (C=O) groups excluding carboxylic acids is 3. The number of imide groups is 1. The molecule has 2 aromatic carbocycles. The SMILES string of the molecule is CCN/C(=N/c1ccc2c(c1)OCO2)SC1CC(=O)N(c2ccc(C(=O)OC)cc2)C1=O. The number of fused-ring (bicyclic) bond motifs is 1. The van der Waals surface area contributed by atoms with E-state index in [1.807, 2.05) is 6.92 Å². The van der Waals surface area contributed by atoms with Crippen LogP contribution in [-0.2, 0) is 14.3 Å². The molecule has 2 aromatic rings. The second kappa shape index (κ2) is 9.31. The van der Waals surface area contributed by atoms with E-state index in [1.54, 1.807) is 30.3 Å². The van der Waals surface area contributed by atoms with Crippen molar-refractivity contribution < 1.29 is 28.6 Å². The number of ether oxygens (including phenoxy) is 3. The number of methoxy groups -OCH3 is 1. The van der Waals surface area contributed by atoms with E-state index in [4.69, 9.17) is 9.47 Å². The van der Waals surface area contributed by atoms with E-state index in [0.29, 0.717) is 40.1 Å². The number of amides is 2. The monoisotopic (exact) mass is 455 g/mol. The number of aliphatic imine (C=N–C) groups is 1. The van der Waals surface area contributed by atoms with Crippen LogP contribution in [-0.4, -0.2) is 48.6 Å². The minimum absolute atomic E-state index is 0.0494. The summed E-state index contributed by atoms with van der Waals surface area (Å²) in [4.78, 5) is 43.0. The average molecular weight is 455 g/mol. The zero-order valence-electron chi connectivity index (χ0n) is 17.5. The van der Waals surface area contributed by atoms with Crippen molar-refractivity contribution in [2.75, 3.05) is 25.3 Å². The molecule has 0 aromatic heterocycles. The number of hydrogen-bond acceptors (Lipinski definition) is 8. The summed E-state index contributed by atoms with van der Waals surface area (Å²) in [5.41, 5.74) is 1.39. The van der Waals surface area contributed by atoms with Gasteiger partial charge in [0.2, 0.25) is 18.6 Å². The minimum atomic E-state index is -0.616. The second-order valence-electron chi connectivity index (χ2n) is 6.90. The minimum Gasteiger partial charge on any atom is -0.465 e. The lowest BCUT2D eigenvalue weighted by Crippen LogP contribution is -2.32. The Labute approximate surface area is 188 Å². The van der Waals surface area contributed by atoms with E-state index >= 15 is 0 Å². The molecule has 0 radical (unpaired) electrons. The third-order valence-corrected chi connectivity index (χ3v) is 5.93. The van der Waals surface area contributed by atoms with Gasteiger partial charge < -0.3 is 19.5 Å². The van der Waals surface area contributed by atoms with Gasteiger partial charge in [-0.05, 0) is 43.3 Å². The first-order chi connectivity index (χ1) is 15.5. The average Bonchev–Trinajstić information content (AvgIpc) is 3.37. The van der Waals surface area contributed by atoms with Gasteiger partial charge in [-0.25, -0.2) is 14.7 Å². The van der Waals surface area contributed by atoms with Crippen LogP contribution in [0.15, 0.2) is 47.5 Å². The lowest BCUT2D eigenvalue weighted by molar-refractivity contribution is -0.121. The highest BCUT2D eigenvalue weighted by atomic mass is 32.2. The van der Waals surface area contributed by atoms with Gasteiger partial charge in [-0.3, -0.25) is 9.59 Å². The molecule has 2 aliphatic rings. The van der Waals surface area contributed by atoms with Gasteiger partial charge in [0.25, 0.3) is 0 Å². The molecule has 9 nitrogen and oxygen atoms in total. The summed E-state index contributed by atoms with van der Waals surface area (Å²) < 4.78 is 15.4. The molecule has 0 bridgehead atoms. The summed E-state index contributed by atoms with van der Waals surface area (Å²) in [6.07, 6.45) is 0.0494. The van der Waals surface area contributed by atoms with Gasteiger partial charge in [0.05, 0.1) is 24.0 Å². The molecule has 32 heavy (non-hydrogen) atoms. The maximum atomic E-state index is 13.0. The van der Waals surface area contributed by atoms with E-state index in [-0.39, 0.29) is 25.0 Å². The first-order valence-electron chi connectivity index (χ1n) is 9.94. The molecule has 2 aliphatic heterocycles. The Kier molecular flexibility index (Phi) is 6.31. The van der Waals surface area contributed by atoms with Crippen LogP contribution in [0.3, 0.4) is 0 Å². The van der Waals surface area contributed by atoms with Crippen LogP contribution < -0.4 is 19.7 Å². The fraction of sp³-hybridized carbons (Fsp3) is 0.273. The van der Waals surface area contributed by atoms with E-state index < -0.39 is 11.2 Å². The fourth-order valence-electron chi connectivity index (χ4n) is 3.30. The van der Waals surface area contributed by atoms with Crippen molar-refractivity contribution in [1.82, 2.24) is 5.32 Å². The highest BCUT2D eigenvalue weighted by molar-refractivity contribution is 8.15. The number of thioether (sulfide) groups is 1. The Morgan fingerprint density at radius 2 is 1.94 bits per heavy atom. The predicted molar refractivity (Wildman–Crippen MR) is 120 cm³/mol. The van der Waals surface area contributed by atoms with Gasteiger partial charge in [0, 0.05) is 19.0 Å². The Morgan fingerprint density at radius 1 is 1.19 bits per heavy atom. The van der Waals surface area contributed by atoms with Crippen LogP contribution in [0.25, 0.3) is 0 Å². The molecular formula is C22H21N3O6S. The molecule has 2 heterocycles. The van der Waals surface area contributed by atoms with Crippen LogP contribution >= 0.6 is 11.8 Å². The summed E-state index contributed by atoms with van der Waals surface area (Å²) in [6.45, 7) is 2.70. The lowest BCUT2D eigenvalue weighted by atomic mass is 10.2. The highest BCUT2D eigenvalue weighted by Gasteiger charge is 2.40. The molecule has 1 fully saturated rings. The van der Waals surface area contributed by atoms with Crippen molar-refractivity contribution in [3.05, 3.63) is 48.0 Å². The number of esters is 1. The Morgan fingerprint density at radius 3 is 2.66 bits per heavy atom. The normalized spacial score (nSPS) is 17.6.